The van der Waals surface area contributed by atoms with E-state index in [0.717, 1.165) is 0 Å². The maximum atomic E-state index is 12.9. The molecule has 0 aromatic heterocycles. The minimum Gasteiger partial charge on any atom is -0.271 e. The highest BCUT2D eigenvalue weighted by Crippen LogP contribution is 2.25. The largest absolute Gasteiger partial charge is 0.389 e. The second-order valence-electron chi connectivity index (χ2n) is 3.96. The zero-order valence-corrected chi connectivity index (χ0v) is 11.0. The molecule has 18 heavy (non-hydrogen) atoms. The molecule has 0 radical (unpaired) electrons. The van der Waals surface area contributed by atoms with Gasteiger partial charge in [-0.3, -0.25) is 11.3 Å². The molecule has 7 heteroatoms. The SMILES string of the molecule is NNC(CCC(F)(F)F)Cc1ccc(F)cc1Br. The van der Waals surface area contributed by atoms with E-state index < -0.39 is 24.5 Å². The topological polar surface area (TPSA) is 38.0 Å². The first-order valence-corrected chi connectivity index (χ1v) is 6.08. The van der Waals surface area contributed by atoms with E-state index in [-0.39, 0.29) is 6.42 Å². The van der Waals surface area contributed by atoms with E-state index in [2.05, 4.69) is 21.4 Å². The molecule has 0 aliphatic heterocycles. The summed E-state index contributed by atoms with van der Waals surface area (Å²) in [5, 5.41) is 0. The van der Waals surface area contributed by atoms with Crippen molar-refractivity contribution in [2.45, 2.75) is 31.5 Å². The first kappa shape index (κ1) is 15.4. The Balaban J connectivity index is 2.62. The molecule has 0 aliphatic rings. The first-order chi connectivity index (χ1) is 8.31. The average molecular weight is 329 g/mol. The normalized spacial score (nSPS) is 13.7. The van der Waals surface area contributed by atoms with Gasteiger partial charge in [0.05, 0.1) is 0 Å². The van der Waals surface area contributed by atoms with Gasteiger partial charge in [-0.05, 0) is 30.5 Å². The van der Waals surface area contributed by atoms with Gasteiger partial charge in [-0.25, -0.2) is 4.39 Å². The Kier molecular flexibility index (Phi) is 5.55. The van der Waals surface area contributed by atoms with Crippen LogP contribution in [0.3, 0.4) is 0 Å². The van der Waals surface area contributed by atoms with Crippen molar-refractivity contribution >= 4 is 15.9 Å². The van der Waals surface area contributed by atoms with Crippen molar-refractivity contribution < 1.29 is 17.6 Å². The Bertz CT molecular complexity index is 395. The van der Waals surface area contributed by atoms with Crippen molar-refractivity contribution in [3.05, 3.63) is 34.1 Å². The first-order valence-electron chi connectivity index (χ1n) is 5.28. The van der Waals surface area contributed by atoms with Gasteiger partial charge in [0.2, 0.25) is 0 Å². The molecule has 0 saturated carbocycles. The summed E-state index contributed by atoms with van der Waals surface area (Å²) in [6.07, 6.45) is -4.92. The third-order valence-electron chi connectivity index (χ3n) is 2.49. The molecule has 1 unspecified atom stereocenters. The fourth-order valence-electron chi connectivity index (χ4n) is 1.53. The van der Waals surface area contributed by atoms with E-state index in [1.165, 1.54) is 18.2 Å². The van der Waals surface area contributed by atoms with Crippen molar-refractivity contribution in [3.8, 4) is 0 Å². The standard InChI is InChI=1S/C11H13BrF4N2/c12-10-6-8(13)2-1-7(10)5-9(18-17)3-4-11(14,15)16/h1-2,6,9,18H,3-5,17H2. The number of hydrazine groups is 1. The van der Waals surface area contributed by atoms with Gasteiger partial charge in [0.15, 0.2) is 0 Å². The Hall–Kier alpha value is -0.660. The summed E-state index contributed by atoms with van der Waals surface area (Å²) < 4.78 is 49.7. The predicted octanol–water partition coefficient (Wildman–Crippen LogP) is 3.31. The second kappa shape index (κ2) is 6.49. The Labute approximate surface area is 111 Å². The smallest absolute Gasteiger partial charge is 0.271 e. The lowest BCUT2D eigenvalue weighted by Gasteiger charge is -2.17. The molecular weight excluding hydrogens is 316 g/mol. The second-order valence-corrected chi connectivity index (χ2v) is 4.81. The van der Waals surface area contributed by atoms with Crippen LogP contribution in [0, 0.1) is 5.82 Å². The lowest BCUT2D eigenvalue weighted by atomic mass is 10.0. The van der Waals surface area contributed by atoms with Crippen LogP contribution in [0.1, 0.15) is 18.4 Å². The van der Waals surface area contributed by atoms with Crippen LogP contribution < -0.4 is 11.3 Å². The van der Waals surface area contributed by atoms with Crippen molar-refractivity contribution in [3.63, 3.8) is 0 Å². The lowest BCUT2D eigenvalue weighted by molar-refractivity contribution is -0.136. The molecule has 0 bridgehead atoms. The quantitative estimate of drug-likeness (QED) is 0.494. The van der Waals surface area contributed by atoms with E-state index in [9.17, 15) is 17.6 Å². The van der Waals surface area contributed by atoms with Crippen LogP contribution in [0.4, 0.5) is 17.6 Å². The van der Waals surface area contributed by atoms with Crippen molar-refractivity contribution in [2.75, 3.05) is 0 Å². The number of alkyl halides is 3. The van der Waals surface area contributed by atoms with Crippen molar-refractivity contribution in [2.24, 2.45) is 5.84 Å². The van der Waals surface area contributed by atoms with E-state index in [1.54, 1.807) is 0 Å². The van der Waals surface area contributed by atoms with E-state index in [4.69, 9.17) is 5.84 Å². The zero-order chi connectivity index (χ0) is 13.8. The van der Waals surface area contributed by atoms with Crippen molar-refractivity contribution in [1.29, 1.82) is 0 Å². The van der Waals surface area contributed by atoms with Gasteiger partial charge < -0.3 is 0 Å². The van der Waals surface area contributed by atoms with Crippen LogP contribution in [-0.4, -0.2) is 12.2 Å². The molecule has 1 aromatic rings. The van der Waals surface area contributed by atoms with Crippen molar-refractivity contribution in [1.82, 2.24) is 5.43 Å². The minimum atomic E-state index is -4.20. The third-order valence-corrected chi connectivity index (χ3v) is 3.23. The highest BCUT2D eigenvalue weighted by atomic mass is 79.9. The van der Waals surface area contributed by atoms with Crippen LogP contribution >= 0.6 is 15.9 Å². The zero-order valence-electron chi connectivity index (χ0n) is 9.40. The summed E-state index contributed by atoms with van der Waals surface area (Å²) in [6.45, 7) is 0. The van der Waals surface area contributed by atoms with Gasteiger partial charge in [0.1, 0.15) is 5.82 Å². The van der Waals surface area contributed by atoms with Gasteiger partial charge >= 0.3 is 6.18 Å². The number of hydrogen-bond donors (Lipinski definition) is 2. The molecule has 0 heterocycles. The molecule has 102 valence electrons. The van der Waals surface area contributed by atoms with Crippen LogP contribution in [0.15, 0.2) is 22.7 Å². The summed E-state index contributed by atoms with van der Waals surface area (Å²) >= 11 is 3.16. The molecular formula is C11H13BrF4N2. The summed E-state index contributed by atoms with van der Waals surface area (Å²) in [7, 11) is 0. The Morgan fingerprint density at radius 1 is 1.33 bits per heavy atom. The maximum absolute atomic E-state index is 12.9. The van der Waals surface area contributed by atoms with Gasteiger partial charge in [0, 0.05) is 16.9 Å². The summed E-state index contributed by atoms with van der Waals surface area (Å²) in [5.41, 5.74) is 3.06. The van der Waals surface area contributed by atoms with Crippen LogP contribution in [-0.2, 0) is 6.42 Å². The number of nitrogens with two attached hydrogens (primary N) is 1. The van der Waals surface area contributed by atoms with E-state index in [1.807, 2.05) is 0 Å². The van der Waals surface area contributed by atoms with Crippen LogP contribution in [0.5, 0.6) is 0 Å². The lowest BCUT2D eigenvalue weighted by Crippen LogP contribution is -2.37. The molecule has 1 rings (SSSR count). The third kappa shape index (κ3) is 5.32. The Morgan fingerprint density at radius 3 is 2.50 bits per heavy atom. The highest BCUT2D eigenvalue weighted by molar-refractivity contribution is 9.10. The predicted molar refractivity (Wildman–Crippen MR) is 64.2 cm³/mol. The molecule has 1 aromatic carbocycles. The number of halogens is 5. The molecule has 3 N–H and O–H groups in total. The minimum absolute atomic E-state index is 0.121. The number of hydrogen-bond acceptors (Lipinski definition) is 2. The number of rotatable bonds is 5. The molecule has 0 aliphatic carbocycles. The van der Waals surface area contributed by atoms with Crippen LogP contribution in [0.25, 0.3) is 0 Å². The summed E-state index contributed by atoms with van der Waals surface area (Å²) in [6, 6.07) is 3.55. The Morgan fingerprint density at radius 2 is 2.00 bits per heavy atom. The molecule has 0 saturated heterocycles. The highest BCUT2D eigenvalue weighted by Gasteiger charge is 2.28. The fourth-order valence-corrected chi connectivity index (χ4v) is 2.05. The maximum Gasteiger partial charge on any atom is 0.389 e. The van der Waals surface area contributed by atoms with Gasteiger partial charge in [-0.1, -0.05) is 22.0 Å². The van der Waals surface area contributed by atoms with E-state index in [0.29, 0.717) is 16.5 Å². The molecule has 1 atom stereocenters. The molecule has 0 amide bonds. The number of nitrogens with one attached hydrogen (secondary N) is 1. The van der Waals surface area contributed by atoms with Gasteiger partial charge in [-0.15, -0.1) is 0 Å². The molecule has 0 spiro atoms. The van der Waals surface area contributed by atoms with Gasteiger partial charge in [-0.2, -0.15) is 13.2 Å². The average Bonchev–Trinajstić information content (AvgIpc) is 2.25. The monoisotopic (exact) mass is 328 g/mol. The molecule has 2 nitrogen and oxygen atoms in total. The van der Waals surface area contributed by atoms with E-state index >= 15 is 0 Å². The van der Waals surface area contributed by atoms with Gasteiger partial charge in [0.25, 0.3) is 0 Å². The van der Waals surface area contributed by atoms with Crippen LogP contribution in [0.2, 0.25) is 0 Å². The molecule has 0 fully saturated rings. The fraction of sp³-hybridized carbons (Fsp3) is 0.455. The number of benzene rings is 1. The summed E-state index contributed by atoms with van der Waals surface area (Å²) in [4.78, 5) is 0. The summed E-state index contributed by atoms with van der Waals surface area (Å²) in [5.74, 6) is 4.82.